The highest BCUT2D eigenvalue weighted by Gasteiger charge is 2.48. The van der Waals surface area contributed by atoms with Crippen molar-refractivity contribution in [2.24, 2.45) is 0 Å². The minimum atomic E-state index is -2.63. The highest BCUT2D eigenvalue weighted by Crippen LogP contribution is 2.40. The van der Waals surface area contributed by atoms with Gasteiger partial charge in [0.2, 0.25) is 0 Å². The molecule has 1 aliphatic carbocycles. The van der Waals surface area contributed by atoms with Crippen LogP contribution in [-0.4, -0.2) is 44.7 Å². The second kappa shape index (κ2) is 10.1. The molecule has 0 atom stereocenters. The molecule has 0 unspecified atom stereocenters. The normalized spacial score (nSPS) is 13.6. The fourth-order valence-corrected chi connectivity index (χ4v) is 3.77. The van der Waals surface area contributed by atoms with Crippen molar-refractivity contribution < 1.29 is 38.5 Å². The van der Waals surface area contributed by atoms with Crippen molar-refractivity contribution in [3.63, 3.8) is 0 Å². The number of carboxylic acids is 1. The standard InChI is InChI=1S/C25H27NO8/c27-23(28)10-2-1-5-13-33-21-8-4-3-7-19(21)25(30,31)26(18-11-12-18)24(29)22-15-17(16-34-22)20-9-6-14-32-20/h3-4,6-9,14-16,18,30-31H,1-2,5,10-13H2,(H,27,28). The zero-order valence-corrected chi connectivity index (χ0v) is 18.6. The predicted molar refractivity (Wildman–Crippen MR) is 120 cm³/mol. The van der Waals surface area contributed by atoms with Crippen molar-refractivity contribution in [2.45, 2.75) is 50.5 Å². The molecule has 3 aromatic rings. The third-order valence-electron chi connectivity index (χ3n) is 5.62. The van der Waals surface area contributed by atoms with E-state index in [2.05, 4.69) is 0 Å². The Labute approximate surface area is 196 Å². The van der Waals surface area contributed by atoms with Crippen molar-refractivity contribution in [2.75, 3.05) is 6.61 Å². The summed E-state index contributed by atoms with van der Waals surface area (Å²) in [6, 6.07) is 11.0. The van der Waals surface area contributed by atoms with Gasteiger partial charge in [0.1, 0.15) is 17.8 Å². The number of furan rings is 2. The summed E-state index contributed by atoms with van der Waals surface area (Å²) in [6.07, 6.45) is 6.07. The molecule has 0 saturated heterocycles. The summed E-state index contributed by atoms with van der Waals surface area (Å²) in [6.45, 7) is 0.273. The molecule has 0 radical (unpaired) electrons. The summed E-state index contributed by atoms with van der Waals surface area (Å²) in [5.74, 6) is -3.40. The number of unbranched alkanes of at least 4 members (excludes halogenated alkanes) is 2. The Balaban J connectivity index is 1.50. The fourth-order valence-electron chi connectivity index (χ4n) is 3.77. The van der Waals surface area contributed by atoms with E-state index in [0.29, 0.717) is 43.4 Å². The smallest absolute Gasteiger partial charge is 0.303 e. The van der Waals surface area contributed by atoms with Crippen molar-refractivity contribution >= 4 is 11.9 Å². The molecule has 2 aromatic heterocycles. The van der Waals surface area contributed by atoms with Gasteiger partial charge in [0.05, 0.1) is 24.0 Å². The molecule has 34 heavy (non-hydrogen) atoms. The average molecular weight is 469 g/mol. The highest BCUT2D eigenvalue weighted by atomic mass is 16.5. The van der Waals surface area contributed by atoms with Crippen molar-refractivity contribution in [3.8, 4) is 17.1 Å². The number of amides is 1. The molecule has 9 nitrogen and oxygen atoms in total. The molecule has 3 N–H and O–H groups in total. The van der Waals surface area contributed by atoms with Gasteiger partial charge in [-0.2, -0.15) is 0 Å². The van der Waals surface area contributed by atoms with E-state index in [0.717, 1.165) is 4.90 Å². The highest BCUT2D eigenvalue weighted by molar-refractivity contribution is 5.93. The van der Waals surface area contributed by atoms with E-state index in [4.69, 9.17) is 18.7 Å². The molecule has 1 aromatic carbocycles. The Hall–Kier alpha value is -3.56. The Morgan fingerprint density at radius 3 is 2.56 bits per heavy atom. The van der Waals surface area contributed by atoms with Crippen molar-refractivity contribution in [3.05, 3.63) is 66.3 Å². The van der Waals surface area contributed by atoms with Crippen molar-refractivity contribution in [1.29, 1.82) is 0 Å². The Bertz CT molecular complexity index is 1110. The van der Waals surface area contributed by atoms with E-state index < -0.39 is 17.8 Å². The van der Waals surface area contributed by atoms with Gasteiger partial charge in [-0.3, -0.25) is 14.5 Å². The summed E-state index contributed by atoms with van der Waals surface area (Å²) in [7, 11) is 0. The first-order valence-electron chi connectivity index (χ1n) is 11.2. The molecule has 0 spiro atoms. The monoisotopic (exact) mass is 469 g/mol. The molecular formula is C25H27NO8. The zero-order valence-electron chi connectivity index (χ0n) is 18.6. The van der Waals surface area contributed by atoms with Gasteiger partial charge in [-0.15, -0.1) is 0 Å². The van der Waals surface area contributed by atoms with Gasteiger partial charge in [0.15, 0.2) is 5.76 Å². The average Bonchev–Trinajstić information content (AvgIpc) is 3.27. The number of hydrogen-bond donors (Lipinski definition) is 3. The molecule has 1 amide bonds. The Morgan fingerprint density at radius 1 is 1.06 bits per heavy atom. The lowest BCUT2D eigenvalue weighted by molar-refractivity contribution is -0.260. The molecule has 1 fully saturated rings. The third-order valence-corrected chi connectivity index (χ3v) is 5.62. The van der Waals surface area contributed by atoms with Crippen LogP contribution in [-0.2, 0) is 10.7 Å². The van der Waals surface area contributed by atoms with E-state index in [1.54, 1.807) is 30.3 Å². The SMILES string of the molecule is O=C(O)CCCCCOc1ccccc1C(O)(O)N(C(=O)c1cc(-c2ccco2)co1)C1CC1. The van der Waals surface area contributed by atoms with Crippen LogP contribution in [0.25, 0.3) is 11.3 Å². The summed E-state index contributed by atoms with van der Waals surface area (Å²) >= 11 is 0. The summed E-state index contributed by atoms with van der Waals surface area (Å²) < 4.78 is 16.6. The first kappa shape index (κ1) is 23.6. The second-order valence-electron chi connectivity index (χ2n) is 8.27. The first-order chi connectivity index (χ1) is 16.4. The summed E-state index contributed by atoms with van der Waals surface area (Å²) in [4.78, 5) is 25.0. The molecule has 1 saturated carbocycles. The number of para-hydroxylation sites is 1. The Kier molecular flexibility index (Phi) is 7.04. The molecule has 4 rings (SSSR count). The maximum absolute atomic E-state index is 13.3. The molecule has 1 aliphatic rings. The molecule has 9 heteroatoms. The Morgan fingerprint density at radius 2 is 1.85 bits per heavy atom. The van der Waals surface area contributed by atoms with Gasteiger partial charge in [0.25, 0.3) is 11.8 Å². The van der Waals surface area contributed by atoms with Crippen LogP contribution in [0.5, 0.6) is 5.75 Å². The summed E-state index contributed by atoms with van der Waals surface area (Å²) in [5, 5.41) is 31.2. The lowest BCUT2D eigenvalue weighted by Gasteiger charge is -2.35. The number of hydrogen-bond acceptors (Lipinski definition) is 7. The quantitative estimate of drug-likeness (QED) is 0.268. The minimum Gasteiger partial charge on any atom is -0.493 e. The number of carbonyl (C=O) groups excluding carboxylic acids is 1. The zero-order chi connectivity index (χ0) is 24.1. The first-order valence-corrected chi connectivity index (χ1v) is 11.2. The number of rotatable bonds is 12. The van der Waals surface area contributed by atoms with Crippen LogP contribution in [0, 0.1) is 0 Å². The number of benzene rings is 1. The molecule has 180 valence electrons. The molecular weight excluding hydrogens is 442 g/mol. The molecule has 0 bridgehead atoms. The van der Waals surface area contributed by atoms with Gasteiger partial charge < -0.3 is 28.9 Å². The van der Waals surface area contributed by atoms with Crippen LogP contribution in [0.2, 0.25) is 0 Å². The van der Waals surface area contributed by atoms with Gasteiger partial charge in [-0.05, 0) is 56.4 Å². The second-order valence-corrected chi connectivity index (χ2v) is 8.27. The summed E-state index contributed by atoms with van der Waals surface area (Å²) in [5.41, 5.74) is 0.607. The van der Waals surface area contributed by atoms with Crippen LogP contribution < -0.4 is 4.74 Å². The van der Waals surface area contributed by atoms with E-state index >= 15 is 0 Å². The number of aliphatic carboxylic acids is 1. The number of carboxylic acid groups (broad SMARTS) is 1. The van der Waals surface area contributed by atoms with Crippen LogP contribution in [0.4, 0.5) is 0 Å². The number of nitrogens with zero attached hydrogens (tertiary/aromatic N) is 1. The predicted octanol–water partition coefficient (Wildman–Crippen LogP) is 3.96. The van der Waals surface area contributed by atoms with E-state index in [1.165, 1.54) is 24.7 Å². The van der Waals surface area contributed by atoms with E-state index in [-0.39, 0.29) is 36.1 Å². The number of aliphatic hydroxyl groups is 2. The maximum atomic E-state index is 13.3. The maximum Gasteiger partial charge on any atom is 0.303 e. The molecule has 0 aliphatic heterocycles. The lowest BCUT2D eigenvalue weighted by atomic mass is 10.1. The van der Waals surface area contributed by atoms with E-state index in [1.807, 2.05) is 0 Å². The van der Waals surface area contributed by atoms with Crippen LogP contribution >= 0.6 is 0 Å². The van der Waals surface area contributed by atoms with Gasteiger partial charge in [-0.25, -0.2) is 0 Å². The fraction of sp³-hybridized carbons (Fsp3) is 0.360. The third kappa shape index (κ3) is 5.32. The van der Waals surface area contributed by atoms with E-state index in [9.17, 15) is 19.8 Å². The lowest BCUT2D eigenvalue weighted by Crippen LogP contribution is -2.51. The largest absolute Gasteiger partial charge is 0.493 e. The molecule has 2 heterocycles. The topological polar surface area (TPSA) is 134 Å². The van der Waals surface area contributed by atoms with Crippen LogP contribution in [0.1, 0.15) is 54.6 Å². The van der Waals surface area contributed by atoms with Gasteiger partial charge in [0, 0.05) is 18.5 Å². The van der Waals surface area contributed by atoms with Crippen LogP contribution in [0.15, 0.2) is 63.8 Å². The minimum absolute atomic E-state index is 0.0393. The van der Waals surface area contributed by atoms with Gasteiger partial charge >= 0.3 is 5.97 Å². The van der Waals surface area contributed by atoms with Gasteiger partial charge in [-0.1, -0.05) is 12.1 Å². The number of ether oxygens (including phenoxy) is 1. The van der Waals surface area contributed by atoms with Crippen molar-refractivity contribution in [1.82, 2.24) is 4.90 Å². The van der Waals surface area contributed by atoms with Crippen LogP contribution in [0.3, 0.4) is 0 Å². The number of carbonyl (C=O) groups is 2.